The Balaban J connectivity index is 4.83. The largest absolute Gasteiger partial charge is 0.277 e. The van der Waals surface area contributed by atoms with E-state index >= 15 is 0 Å². The van der Waals surface area contributed by atoms with Crippen LogP contribution in [0.15, 0.2) is 33.8 Å². The molecular formula is C12H20N2. The van der Waals surface area contributed by atoms with Crippen LogP contribution < -0.4 is 0 Å². The minimum absolute atomic E-state index is 0.425. The number of nitrogens with zero attached hydrogens (tertiary/aromatic N) is 2. The topological polar surface area (TPSA) is 24.7 Å². The lowest BCUT2D eigenvalue weighted by atomic mass is 10.0. The van der Waals surface area contributed by atoms with Crippen LogP contribution in [0.2, 0.25) is 0 Å². The highest BCUT2D eigenvalue weighted by molar-refractivity contribution is 6.04. The van der Waals surface area contributed by atoms with E-state index in [0.29, 0.717) is 5.92 Å². The lowest BCUT2D eigenvalue weighted by Crippen LogP contribution is -2.09. The quantitative estimate of drug-likeness (QED) is 0.371. The van der Waals surface area contributed by atoms with Gasteiger partial charge in [-0.05, 0) is 25.3 Å². The minimum Gasteiger partial charge on any atom is -0.277 e. The second kappa shape index (κ2) is 7.25. The molecule has 0 N–H and O–H groups in total. The summed E-state index contributed by atoms with van der Waals surface area (Å²) in [4.78, 5) is 8.18. The van der Waals surface area contributed by atoms with Gasteiger partial charge in [-0.1, -0.05) is 32.1 Å². The second-order valence-corrected chi connectivity index (χ2v) is 3.42. The van der Waals surface area contributed by atoms with E-state index in [0.717, 1.165) is 5.71 Å². The van der Waals surface area contributed by atoms with E-state index in [1.165, 1.54) is 5.57 Å². The molecule has 0 amide bonds. The van der Waals surface area contributed by atoms with E-state index < -0.39 is 0 Å². The van der Waals surface area contributed by atoms with Crippen LogP contribution in [0.4, 0.5) is 0 Å². The van der Waals surface area contributed by atoms with Gasteiger partial charge in [0.2, 0.25) is 0 Å². The van der Waals surface area contributed by atoms with Gasteiger partial charge < -0.3 is 0 Å². The maximum atomic E-state index is 4.32. The number of hydrogen-bond acceptors (Lipinski definition) is 1. The van der Waals surface area contributed by atoms with Crippen molar-refractivity contribution in [2.24, 2.45) is 15.9 Å². The van der Waals surface area contributed by atoms with Gasteiger partial charge in [-0.25, -0.2) is 4.99 Å². The molecule has 0 saturated carbocycles. The fourth-order valence-corrected chi connectivity index (χ4v) is 1.15. The Labute approximate surface area is 87.2 Å². The summed E-state index contributed by atoms with van der Waals surface area (Å²) < 4.78 is 0. The molecule has 0 aromatic rings. The zero-order chi connectivity index (χ0) is 11.0. The third kappa shape index (κ3) is 4.75. The molecule has 78 valence electrons. The lowest BCUT2D eigenvalue weighted by molar-refractivity contribution is 0.884. The zero-order valence-electron chi connectivity index (χ0n) is 9.78. The van der Waals surface area contributed by atoms with E-state index in [9.17, 15) is 0 Å². The molecule has 14 heavy (non-hydrogen) atoms. The summed E-state index contributed by atoms with van der Waals surface area (Å²) in [6.07, 6.45) is 7.70. The van der Waals surface area contributed by atoms with Gasteiger partial charge in [0.05, 0.1) is 0 Å². The highest BCUT2D eigenvalue weighted by atomic mass is 14.8. The highest BCUT2D eigenvalue weighted by Crippen LogP contribution is 2.07. The molecule has 0 bridgehead atoms. The average Bonchev–Trinajstić information content (AvgIpc) is 2.14. The van der Waals surface area contributed by atoms with Gasteiger partial charge >= 0.3 is 0 Å². The monoisotopic (exact) mass is 192 g/mol. The number of rotatable bonds is 4. The second-order valence-electron chi connectivity index (χ2n) is 3.42. The van der Waals surface area contributed by atoms with Crippen molar-refractivity contribution in [2.75, 3.05) is 7.05 Å². The summed E-state index contributed by atoms with van der Waals surface area (Å²) in [5.41, 5.74) is 2.28. The van der Waals surface area contributed by atoms with Crippen LogP contribution in [0.1, 0.15) is 27.7 Å². The molecule has 0 spiro atoms. The molecule has 0 saturated heterocycles. The molecule has 0 aliphatic carbocycles. The molecule has 0 rings (SSSR count). The molecule has 0 aliphatic rings. The molecule has 0 fully saturated rings. The fourth-order valence-electron chi connectivity index (χ4n) is 1.15. The van der Waals surface area contributed by atoms with Crippen molar-refractivity contribution in [1.29, 1.82) is 0 Å². The minimum atomic E-state index is 0.425. The van der Waals surface area contributed by atoms with E-state index in [-0.39, 0.29) is 0 Å². The Bertz CT molecular complexity index is 268. The maximum Gasteiger partial charge on any atom is 0.109 e. The average molecular weight is 192 g/mol. The van der Waals surface area contributed by atoms with Crippen LogP contribution in [-0.4, -0.2) is 19.1 Å². The third-order valence-electron chi connectivity index (χ3n) is 1.80. The van der Waals surface area contributed by atoms with Crippen molar-refractivity contribution in [2.45, 2.75) is 27.7 Å². The van der Waals surface area contributed by atoms with Crippen molar-refractivity contribution >= 4 is 12.1 Å². The Kier molecular flexibility index (Phi) is 6.63. The molecule has 0 radical (unpaired) electrons. The molecule has 2 heteroatoms. The van der Waals surface area contributed by atoms with Gasteiger partial charge in [0.15, 0.2) is 0 Å². The first-order valence-corrected chi connectivity index (χ1v) is 4.91. The van der Waals surface area contributed by atoms with Gasteiger partial charge in [0.25, 0.3) is 0 Å². The Morgan fingerprint density at radius 3 is 2.36 bits per heavy atom. The van der Waals surface area contributed by atoms with Crippen LogP contribution in [0.5, 0.6) is 0 Å². The summed E-state index contributed by atoms with van der Waals surface area (Å²) >= 11 is 0. The first kappa shape index (κ1) is 12.8. The maximum absolute atomic E-state index is 4.32. The summed E-state index contributed by atoms with van der Waals surface area (Å²) in [5.74, 6) is 0.425. The van der Waals surface area contributed by atoms with Gasteiger partial charge in [-0.15, -0.1) is 0 Å². The van der Waals surface area contributed by atoms with Crippen molar-refractivity contribution in [1.82, 2.24) is 0 Å². The normalized spacial score (nSPS) is 15.0. The zero-order valence-corrected chi connectivity index (χ0v) is 9.78. The van der Waals surface area contributed by atoms with E-state index in [2.05, 4.69) is 36.8 Å². The summed E-state index contributed by atoms with van der Waals surface area (Å²) in [6.45, 7) is 8.34. The van der Waals surface area contributed by atoms with Gasteiger partial charge in [0, 0.05) is 12.8 Å². The number of hydrogen-bond donors (Lipinski definition) is 0. The Morgan fingerprint density at radius 1 is 1.29 bits per heavy atom. The van der Waals surface area contributed by atoms with Crippen molar-refractivity contribution in [3.05, 3.63) is 23.8 Å². The molecule has 2 nitrogen and oxygen atoms in total. The summed E-state index contributed by atoms with van der Waals surface area (Å²) in [7, 11) is 1.73. The summed E-state index contributed by atoms with van der Waals surface area (Å²) in [6, 6.07) is 0. The lowest BCUT2D eigenvalue weighted by Gasteiger charge is -2.08. The van der Waals surface area contributed by atoms with Crippen LogP contribution in [0.3, 0.4) is 0 Å². The molecule has 0 atom stereocenters. The Morgan fingerprint density at radius 2 is 1.93 bits per heavy atom. The first-order chi connectivity index (χ1) is 6.63. The van der Waals surface area contributed by atoms with Crippen molar-refractivity contribution in [3.63, 3.8) is 0 Å². The van der Waals surface area contributed by atoms with Crippen LogP contribution >= 0.6 is 0 Å². The van der Waals surface area contributed by atoms with Crippen LogP contribution in [0, 0.1) is 5.92 Å². The fraction of sp³-hybridized carbons (Fsp3) is 0.500. The predicted octanol–water partition coefficient (Wildman–Crippen LogP) is 3.26. The highest BCUT2D eigenvalue weighted by Gasteiger charge is 2.05. The van der Waals surface area contributed by atoms with Crippen LogP contribution in [0.25, 0.3) is 0 Å². The molecule has 0 aromatic carbocycles. The van der Waals surface area contributed by atoms with Gasteiger partial charge in [-0.2, -0.15) is 0 Å². The number of allylic oxidation sites excluding steroid dienone is 4. The van der Waals surface area contributed by atoms with E-state index in [4.69, 9.17) is 0 Å². The van der Waals surface area contributed by atoms with E-state index in [1.54, 1.807) is 13.4 Å². The first-order valence-electron chi connectivity index (χ1n) is 4.91. The van der Waals surface area contributed by atoms with Gasteiger partial charge in [-0.3, -0.25) is 4.99 Å². The standard InChI is InChI=1S/C12H20N2/c1-6-7-8-11(4)12(10(2)3)14-9-13-5/h6-10H,1-5H3/b7-6-,11-8+,13-9?,14-12?. The SMILES string of the molecule is C/C=C\C=C(/C)C(=NC=NC)C(C)C. The number of aliphatic imine (C=N–C) groups is 2. The molecule has 0 unspecified atom stereocenters. The molecule has 0 aromatic heterocycles. The molecule has 0 heterocycles. The molecular weight excluding hydrogens is 172 g/mol. The Hall–Kier alpha value is -1.18. The smallest absolute Gasteiger partial charge is 0.109 e. The van der Waals surface area contributed by atoms with Crippen molar-refractivity contribution < 1.29 is 0 Å². The third-order valence-corrected chi connectivity index (χ3v) is 1.80. The van der Waals surface area contributed by atoms with Crippen LogP contribution in [-0.2, 0) is 0 Å². The van der Waals surface area contributed by atoms with Gasteiger partial charge in [0.1, 0.15) is 6.34 Å². The summed E-state index contributed by atoms with van der Waals surface area (Å²) in [5, 5.41) is 0. The molecule has 0 aliphatic heterocycles. The van der Waals surface area contributed by atoms with E-state index in [1.807, 2.05) is 19.1 Å². The van der Waals surface area contributed by atoms with Crippen molar-refractivity contribution in [3.8, 4) is 0 Å². The predicted molar refractivity (Wildman–Crippen MR) is 65.3 cm³/mol.